The maximum Gasteiger partial charge on any atom is 0.419 e. The Morgan fingerprint density at radius 2 is 1.18 bits per heavy atom. The second-order valence-corrected chi connectivity index (χ2v) is 11.3. The van der Waals surface area contributed by atoms with Crippen molar-refractivity contribution in [3.05, 3.63) is 59.7 Å². The average molecular weight is 552 g/mol. The normalized spacial score (nSPS) is 16.8. The number of unbranched alkanes of at least 4 members (excludes halogenated alkanes) is 11. The number of anilines is 2. The summed E-state index contributed by atoms with van der Waals surface area (Å²) in [5.41, 5.74) is 4.22. The Morgan fingerprint density at radius 1 is 0.725 bits per heavy atom. The van der Waals surface area contributed by atoms with Crippen molar-refractivity contribution in [3.8, 4) is 0 Å². The largest absolute Gasteiger partial charge is 0.443 e. The zero-order valence-corrected chi connectivity index (χ0v) is 25.4. The summed E-state index contributed by atoms with van der Waals surface area (Å²) in [6, 6.07) is 16.7. The van der Waals surface area contributed by atoms with Crippen LogP contribution in [0.3, 0.4) is 0 Å². The highest BCUT2D eigenvalue weighted by Crippen LogP contribution is 2.28. The molecule has 1 fully saturated rings. The zero-order chi connectivity index (χ0) is 28.4. The fourth-order valence-electron chi connectivity index (χ4n) is 5.25. The Bertz CT molecular complexity index is 943. The van der Waals surface area contributed by atoms with E-state index < -0.39 is 12.4 Å². The van der Waals surface area contributed by atoms with E-state index in [0.717, 1.165) is 24.2 Å². The minimum Gasteiger partial charge on any atom is -0.443 e. The van der Waals surface area contributed by atoms with Crippen LogP contribution in [-0.2, 0) is 27.1 Å². The van der Waals surface area contributed by atoms with E-state index in [0.29, 0.717) is 6.61 Å². The van der Waals surface area contributed by atoms with E-state index in [1.807, 2.05) is 31.2 Å². The van der Waals surface area contributed by atoms with Gasteiger partial charge in [-0.3, -0.25) is 0 Å². The Morgan fingerprint density at radius 3 is 1.60 bits per heavy atom. The predicted molar refractivity (Wildman–Crippen MR) is 165 cm³/mol. The quantitative estimate of drug-likeness (QED) is 0.163. The molecule has 222 valence electrons. The van der Waals surface area contributed by atoms with Crippen molar-refractivity contribution in [1.82, 2.24) is 0 Å². The van der Waals surface area contributed by atoms with Gasteiger partial charge < -0.3 is 14.2 Å². The third kappa shape index (κ3) is 11.6. The summed E-state index contributed by atoms with van der Waals surface area (Å²) in [5.74, 6) is 0. The molecule has 2 atom stereocenters. The summed E-state index contributed by atoms with van der Waals surface area (Å²) in [5, 5.41) is 0. The molecule has 40 heavy (non-hydrogen) atoms. The molecule has 5 heteroatoms. The van der Waals surface area contributed by atoms with Crippen LogP contribution in [0.4, 0.5) is 16.2 Å². The number of ether oxygens (including phenoxy) is 3. The summed E-state index contributed by atoms with van der Waals surface area (Å²) in [6.45, 7) is 7.06. The van der Waals surface area contributed by atoms with Gasteiger partial charge in [-0.1, -0.05) is 109 Å². The lowest BCUT2D eigenvalue weighted by molar-refractivity contribution is -0.0866. The lowest BCUT2D eigenvalue weighted by Gasteiger charge is -2.24. The molecular formula is C35H53NO4. The molecule has 0 aliphatic carbocycles. The molecule has 0 aromatic heterocycles. The number of hydrogen-bond acceptors (Lipinski definition) is 4. The van der Waals surface area contributed by atoms with Crippen LogP contribution in [0.15, 0.2) is 48.5 Å². The zero-order valence-electron chi connectivity index (χ0n) is 25.4. The van der Waals surface area contributed by atoms with Gasteiger partial charge in [-0.2, -0.15) is 0 Å². The van der Waals surface area contributed by atoms with E-state index in [1.54, 1.807) is 4.90 Å². The summed E-state index contributed by atoms with van der Waals surface area (Å²) in [6.07, 6.45) is 18.1. The molecule has 0 spiro atoms. The molecule has 1 heterocycles. The van der Waals surface area contributed by atoms with Crippen LogP contribution >= 0.6 is 0 Å². The smallest absolute Gasteiger partial charge is 0.419 e. The SMILES string of the molecule is CCCCCCCCCc1ccc(N(C(=O)OC[C@H]2OC[C@@H](C)O2)c2ccc(CCCCCCCC)cc2)cc1. The molecule has 0 unspecified atom stereocenters. The van der Waals surface area contributed by atoms with Crippen molar-refractivity contribution >= 4 is 17.5 Å². The van der Waals surface area contributed by atoms with Gasteiger partial charge in [0.25, 0.3) is 0 Å². The fourth-order valence-corrected chi connectivity index (χ4v) is 5.25. The highest BCUT2D eigenvalue weighted by atomic mass is 16.7. The number of nitrogens with zero attached hydrogens (tertiary/aromatic N) is 1. The molecule has 2 aromatic carbocycles. The highest BCUT2D eigenvalue weighted by Gasteiger charge is 2.26. The van der Waals surface area contributed by atoms with Crippen LogP contribution < -0.4 is 4.90 Å². The first-order valence-corrected chi connectivity index (χ1v) is 16.0. The molecule has 2 aromatic rings. The van der Waals surface area contributed by atoms with E-state index >= 15 is 0 Å². The van der Waals surface area contributed by atoms with Crippen molar-refractivity contribution in [2.45, 2.75) is 129 Å². The van der Waals surface area contributed by atoms with E-state index in [1.165, 1.54) is 94.6 Å². The van der Waals surface area contributed by atoms with Gasteiger partial charge in [0, 0.05) is 0 Å². The van der Waals surface area contributed by atoms with Crippen molar-refractivity contribution in [2.24, 2.45) is 0 Å². The van der Waals surface area contributed by atoms with Crippen molar-refractivity contribution in [1.29, 1.82) is 0 Å². The molecule has 0 N–H and O–H groups in total. The lowest BCUT2D eigenvalue weighted by atomic mass is 10.0. The molecule has 5 nitrogen and oxygen atoms in total. The van der Waals surface area contributed by atoms with Gasteiger partial charge >= 0.3 is 6.09 Å². The monoisotopic (exact) mass is 551 g/mol. The summed E-state index contributed by atoms with van der Waals surface area (Å²) in [4.78, 5) is 15.0. The first-order valence-electron chi connectivity index (χ1n) is 16.0. The Balaban J connectivity index is 1.59. The second-order valence-electron chi connectivity index (χ2n) is 11.3. The predicted octanol–water partition coefficient (Wildman–Crippen LogP) is 9.92. The minimum absolute atomic E-state index is 0.0166. The number of amides is 1. The summed E-state index contributed by atoms with van der Waals surface area (Å²) >= 11 is 0. The van der Waals surface area contributed by atoms with Gasteiger partial charge in [-0.05, 0) is 68.0 Å². The minimum atomic E-state index is -0.509. The first kappa shape index (κ1) is 32.1. The Labute approximate surface area is 243 Å². The van der Waals surface area contributed by atoms with Gasteiger partial charge in [0.1, 0.15) is 6.61 Å². The van der Waals surface area contributed by atoms with E-state index in [4.69, 9.17) is 14.2 Å². The molecular weight excluding hydrogens is 498 g/mol. The van der Waals surface area contributed by atoms with Crippen LogP contribution in [0.25, 0.3) is 0 Å². The number of benzene rings is 2. The van der Waals surface area contributed by atoms with Crippen LogP contribution in [0.5, 0.6) is 0 Å². The molecule has 1 saturated heterocycles. The van der Waals surface area contributed by atoms with Gasteiger partial charge in [0.05, 0.1) is 24.1 Å². The summed E-state index contributed by atoms with van der Waals surface area (Å²) in [7, 11) is 0. The van der Waals surface area contributed by atoms with E-state index in [-0.39, 0.29) is 12.7 Å². The van der Waals surface area contributed by atoms with Gasteiger partial charge in [-0.15, -0.1) is 0 Å². The number of rotatable bonds is 19. The fraction of sp³-hybridized carbons (Fsp3) is 0.629. The second kappa shape index (κ2) is 18.9. The standard InChI is InChI=1S/C35H53NO4/c1-4-6-8-10-12-14-16-18-31-21-25-33(26-22-31)36(35(37)39-28-34-38-27-29(3)40-34)32-23-19-30(20-24-32)17-15-13-11-9-7-5-2/h19-26,29,34H,4-18,27-28H2,1-3H3/t29-,34+/m1/s1. The average Bonchev–Trinajstić information content (AvgIpc) is 3.40. The summed E-state index contributed by atoms with van der Waals surface area (Å²) < 4.78 is 16.9. The van der Waals surface area contributed by atoms with Crippen molar-refractivity contribution < 1.29 is 19.0 Å². The highest BCUT2D eigenvalue weighted by molar-refractivity contribution is 5.96. The van der Waals surface area contributed by atoms with E-state index in [9.17, 15) is 4.79 Å². The lowest BCUT2D eigenvalue weighted by Crippen LogP contribution is -2.30. The topological polar surface area (TPSA) is 48.0 Å². The number of aryl methyl sites for hydroxylation is 2. The van der Waals surface area contributed by atoms with Crippen LogP contribution in [0, 0.1) is 0 Å². The molecule has 0 saturated carbocycles. The van der Waals surface area contributed by atoms with Gasteiger partial charge in [-0.25, -0.2) is 9.69 Å². The first-order chi connectivity index (χ1) is 19.6. The molecule has 1 aliphatic rings. The van der Waals surface area contributed by atoms with Gasteiger partial charge in [0.15, 0.2) is 6.29 Å². The number of carbonyl (C=O) groups excluding carboxylic acids is 1. The molecule has 1 aliphatic heterocycles. The molecule has 3 rings (SSSR count). The van der Waals surface area contributed by atoms with Crippen LogP contribution in [0.2, 0.25) is 0 Å². The van der Waals surface area contributed by atoms with Crippen molar-refractivity contribution in [2.75, 3.05) is 18.1 Å². The number of hydrogen-bond donors (Lipinski definition) is 0. The van der Waals surface area contributed by atoms with E-state index in [2.05, 4.69) is 38.1 Å². The molecule has 0 bridgehead atoms. The maximum atomic E-state index is 13.4. The van der Waals surface area contributed by atoms with Gasteiger partial charge in [0.2, 0.25) is 0 Å². The third-order valence-electron chi connectivity index (χ3n) is 7.70. The van der Waals surface area contributed by atoms with Crippen LogP contribution in [-0.4, -0.2) is 31.7 Å². The van der Waals surface area contributed by atoms with Crippen molar-refractivity contribution in [3.63, 3.8) is 0 Å². The number of carbonyl (C=O) groups is 1. The Hall–Kier alpha value is -2.37. The molecule has 1 amide bonds. The molecule has 0 radical (unpaired) electrons. The van der Waals surface area contributed by atoms with Crippen LogP contribution in [0.1, 0.15) is 115 Å². The maximum absolute atomic E-state index is 13.4. The Kier molecular flexibility index (Phi) is 15.2. The third-order valence-corrected chi connectivity index (χ3v) is 7.70.